The molecule has 0 saturated carbocycles. The highest BCUT2D eigenvalue weighted by molar-refractivity contribution is 6.13. The van der Waals surface area contributed by atoms with Gasteiger partial charge in [0.2, 0.25) is 0 Å². The summed E-state index contributed by atoms with van der Waals surface area (Å²) in [4.78, 5) is 42.2. The molecule has 7 nitrogen and oxygen atoms in total. The summed E-state index contributed by atoms with van der Waals surface area (Å²) < 4.78 is 0. The van der Waals surface area contributed by atoms with Gasteiger partial charge < -0.3 is 10.4 Å². The number of hydroxylamine groups is 2. The van der Waals surface area contributed by atoms with Crippen LogP contribution in [0.1, 0.15) is 40.1 Å². The Kier molecular flexibility index (Phi) is 5.20. The molecular formula is C24H22N2O5. The van der Waals surface area contributed by atoms with Crippen LogP contribution in [0.3, 0.4) is 0 Å². The number of carboxylic acids is 1. The Hall–Kier alpha value is -3.71. The van der Waals surface area contributed by atoms with Crippen molar-refractivity contribution in [2.24, 2.45) is 5.41 Å². The van der Waals surface area contributed by atoms with Crippen LogP contribution in [0.5, 0.6) is 0 Å². The highest BCUT2D eigenvalue weighted by Crippen LogP contribution is 2.28. The lowest BCUT2D eigenvalue weighted by atomic mass is 9.95. The summed E-state index contributed by atoms with van der Waals surface area (Å²) >= 11 is 0. The van der Waals surface area contributed by atoms with Crippen molar-refractivity contribution in [2.75, 3.05) is 11.9 Å². The number of amides is 2. The molecule has 1 saturated heterocycles. The Balaban J connectivity index is 1.51. The molecular weight excluding hydrogens is 396 g/mol. The van der Waals surface area contributed by atoms with Crippen molar-refractivity contribution < 1.29 is 24.3 Å². The molecule has 2 amide bonds. The summed E-state index contributed by atoms with van der Waals surface area (Å²) in [6.45, 7) is 4.33. The van der Waals surface area contributed by atoms with Crippen molar-refractivity contribution in [3.8, 4) is 0 Å². The van der Waals surface area contributed by atoms with E-state index in [1.54, 1.807) is 36.4 Å². The Bertz CT molecular complexity index is 1180. The summed E-state index contributed by atoms with van der Waals surface area (Å²) in [6, 6.07) is 17.4. The molecule has 0 aliphatic carbocycles. The first kappa shape index (κ1) is 20.6. The van der Waals surface area contributed by atoms with E-state index in [9.17, 15) is 19.5 Å². The predicted octanol–water partition coefficient (Wildman–Crippen LogP) is 4.09. The van der Waals surface area contributed by atoms with E-state index < -0.39 is 17.3 Å². The van der Waals surface area contributed by atoms with Gasteiger partial charge in [-0.25, -0.2) is 9.86 Å². The Morgan fingerprint density at radius 1 is 1.03 bits per heavy atom. The van der Waals surface area contributed by atoms with Gasteiger partial charge in [0.15, 0.2) is 0 Å². The Morgan fingerprint density at radius 3 is 2.19 bits per heavy atom. The number of carbonyl (C=O) groups is 3. The van der Waals surface area contributed by atoms with Crippen molar-refractivity contribution in [1.82, 2.24) is 5.06 Å². The molecule has 7 heteroatoms. The lowest BCUT2D eigenvalue weighted by Crippen LogP contribution is -2.30. The lowest BCUT2D eigenvalue weighted by Gasteiger charge is -2.16. The minimum Gasteiger partial charge on any atom is -0.478 e. The number of nitrogens with zero attached hydrogens (tertiary/aromatic N) is 1. The number of aromatic carboxylic acids is 1. The lowest BCUT2D eigenvalue weighted by molar-refractivity contribution is -0.165. The summed E-state index contributed by atoms with van der Waals surface area (Å²) in [5.74, 6) is -1.73. The zero-order valence-electron chi connectivity index (χ0n) is 17.2. The maximum Gasteiger partial charge on any atom is 0.336 e. The SMILES string of the molecule is CC1(C)CON(Cc2ccc(NC(=O)c3cc4ccccc4cc3C(=O)O)cc2)C1=O. The Morgan fingerprint density at radius 2 is 1.65 bits per heavy atom. The number of anilines is 1. The summed E-state index contributed by atoms with van der Waals surface area (Å²) in [5, 5.41) is 15.2. The van der Waals surface area contributed by atoms with E-state index in [-0.39, 0.29) is 17.0 Å². The van der Waals surface area contributed by atoms with Crippen LogP contribution >= 0.6 is 0 Å². The van der Waals surface area contributed by atoms with Gasteiger partial charge in [-0.1, -0.05) is 36.4 Å². The van der Waals surface area contributed by atoms with Gasteiger partial charge in [0.05, 0.1) is 29.7 Å². The molecule has 0 aromatic heterocycles. The van der Waals surface area contributed by atoms with E-state index in [0.717, 1.165) is 16.3 Å². The van der Waals surface area contributed by atoms with Gasteiger partial charge in [-0.05, 0) is 54.4 Å². The van der Waals surface area contributed by atoms with Crippen molar-refractivity contribution >= 4 is 34.2 Å². The molecule has 1 aliphatic rings. The fraction of sp³-hybridized carbons (Fsp3) is 0.208. The van der Waals surface area contributed by atoms with E-state index >= 15 is 0 Å². The topological polar surface area (TPSA) is 95.9 Å². The van der Waals surface area contributed by atoms with Crippen LogP contribution in [0.2, 0.25) is 0 Å². The number of hydrogen-bond acceptors (Lipinski definition) is 4. The average molecular weight is 418 g/mol. The minimum atomic E-state index is -1.16. The number of fused-ring (bicyclic) bond motifs is 1. The molecule has 2 N–H and O–H groups in total. The van der Waals surface area contributed by atoms with Crippen molar-refractivity contribution in [3.63, 3.8) is 0 Å². The van der Waals surface area contributed by atoms with Crippen LogP contribution in [0.4, 0.5) is 5.69 Å². The second kappa shape index (κ2) is 7.85. The smallest absolute Gasteiger partial charge is 0.336 e. The molecule has 0 bridgehead atoms. The first-order valence-corrected chi connectivity index (χ1v) is 9.86. The fourth-order valence-electron chi connectivity index (χ4n) is 3.48. The average Bonchev–Trinajstić information content (AvgIpc) is 3.01. The molecule has 0 spiro atoms. The molecule has 3 aromatic rings. The number of benzene rings is 3. The van der Waals surface area contributed by atoms with Crippen molar-refractivity contribution in [1.29, 1.82) is 0 Å². The molecule has 31 heavy (non-hydrogen) atoms. The zero-order chi connectivity index (χ0) is 22.2. The summed E-state index contributed by atoms with van der Waals surface area (Å²) in [7, 11) is 0. The normalized spacial score (nSPS) is 15.3. The standard InChI is InChI=1S/C24H22N2O5/c1-24(2)14-31-26(23(24)30)13-15-7-9-18(10-8-15)25-21(27)19-11-16-5-3-4-6-17(16)12-20(19)22(28)29/h3-12H,13-14H2,1-2H3,(H,25,27)(H,28,29). The molecule has 1 aliphatic heterocycles. The fourth-order valence-corrected chi connectivity index (χ4v) is 3.48. The van der Waals surface area contributed by atoms with E-state index in [1.165, 1.54) is 11.1 Å². The molecule has 3 aromatic carbocycles. The van der Waals surface area contributed by atoms with Crippen LogP contribution in [0.15, 0.2) is 60.7 Å². The third-order valence-corrected chi connectivity index (χ3v) is 5.29. The number of carboxylic acid groups (broad SMARTS) is 1. The maximum absolute atomic E-state index is 12.8. The van der Waals surface area contributed by atoms with E-state index in [1.807, 2.05) is 32.0 Å². The van der Waals surface area contributed by atoms with Gasteiger partial charge in [0.25, 0.3) is 11.8 Å². The van der Waals surface area contributed by atoms with Gasteiger partial charge in [-0.2, -0.15) is 0 Å². The van der Waals surface area contributed by atoms with Crippen LogP contribution < -0.4 is 5.32 Å². The van der Waals surface area contributed by atoms with Crippen LogP contribution in [0.25, 0.3) is 10.8 Å². The zero-order valence-corrected chi connectivity index (χ0v) is 17.2. The first-order valence-electron chi connectivity index (χ1n) is 9.86. The van der Waals surface area contributed by atoms with E-state index in [2.05, 4.69) is 5.32 Å². The van der Waals surface area contributed by atoms with Crippen LogP contribution in [0, 0.1) is 5.41 Å². The van der Waals surface area contributed by atoms with E-state index in [4.69, 9.17) is 4.84 Å². The first-order chi connectivity index (χ1) is 14.7. The highest BCUT2D eigenvalue weighted by Gasteiger charge is 2.40. The number of carbonyl (C=O) groups excluding carboxylic acids is 2. The van der Waals surface area contributed by atoms with Crippen LogP contribution in [-0.4, -0.2) is 34.6 Å². The number of rotatable bonds is 5. The molecule has 4 rings (SSSR count). The molecule has 0 atom stereocenters. The summed E-state index contributed by atoms with van der Waals surface area (Å²) in [5.41, 5.74) is 0.872. The van der Waals surface area contributed by atoms with Gasteiger partial charge in [-0.3, -0.25) is 14.4 Å². The third-order valence-electron chi connectivity index (χ3n) is 5.29. The summed E-state index contributed by atoms with van der Waals surface area (Å²) in [6.07, 6.45) is 0. The largest absolute Gasteiger partial charge is 0.478 e. The maximum atomic E-state index is 12.8. The predicted molar refractivity (Wildman–Crippen MR) is 116 cm³/mol. The molecule has 0 radical (unpaired) electrons. The van der Waals surface area contributed by atoms with Gasteiger partial charge >= 0.3 is 5.97 Å². The monoisotopic (exact) mass is 418 g/mol. The van der Waals surface area contributed by atoms with Gasteiger partial charge in [0, 0.05) is 5.69 Å². The van der Waals surface area contributed by atoms with Gasteiger partial charge in [-0.15, -0.1) is 0 Å². The van der Waals surface area contributed by atoms with Gasteiger partial charge in [0.1, 0.15) is 0 Å². The second-order valence-corrected chi connectivity index (χ2v) is 8.20. The molecule has 158 valence electrons. The molecule has 1 fully saturated rings. The van der Waals surface area contributed by atoms with Crippen molar-refractivity contribution in [3.05, 3.63) is 77.4 Å². The second-order valence-electron chi connectivity index (χ2n) is 8.20. The highest BCUT2D eigenvalue weighted by atomic mass is 16.7. The number of nitrogens with one attached hydrogen (secondary N) is 1. The van der Waals surface area contributed by atoms with Crippen molar-refractivity contribution in [2.45, 2.75) is 20.4 Å². The molecule has 0 unspecified atom stereocenters. The number of hydrogen-bond donors (Lipinski definition) is 2. The van der Waals surface area contributed by atoms with E-state index in [0.29, 0.717) is 18.8 Å². The third kappa shape index (κ3) is 4.13. The quantitative estimate of drug-likeness (QED) is 0.651. The molecule has 1 heterocycles. The Labute approximate surface area is 179 Å². The minimum absolute atomic E-state index is 0.0554. The van der Waals surface area contributed by atoms with Crippen LogP contribution in [-0.2, 0) is 16.2 Å².